The Labute approximate surface area is 118 Å². The van der Waals surface area contributed by atoms with E-state index in [1.165, 1.54) is 0 Å². The lowest BCUT2D eigenvalue weighted by molar-refractivity contribution is -0.119. The molecule has 7 heteroatoms. The van der Waals surface area contributed by atoms with Crippen LogP contribution < -0.4 is 4.90 Å². The number of ketones is 1. The molecular formula is C11H9Cl2N3OS. The van der Waals surface area contributed by atoms with Crippen LogP contribution in [-0.4, -0.2) is 27.6 Å². The Bertz CT molecular complexity index is 618. The smallest absolute Gasteiger partial charge is 0.136 e. The van der Waals surface area contributed by atoms with Gasteiger partial charge in [-0.25, -0.2) is 0 Å². The monoisotopic (exact) mass is 301 g/mol. The van der Waals surface area contributed by atoms with Crippen molar-refractivity contribution >= 4 is 57.4 Å². The number of Topliss-reactive ketones (excluding diaryl/α,β-unsaturated/α-hetero) is 1. The SMILES string of the molecule is O=C1CCN(c2c(Cl)cc(Cl)c3nsnc23)CC1. The Kier molecular flexibility index (Phi) is 3.13. The quantitative estimate of drug-likeness (QED) is 0.811. The van der Waals surface area contributed by atoms with E-state index < -0.39 is 0 Å². The third kappa shape index (κ3) is 1.96. The van der Waals surface area contributed by atoms with E-state index >= 15 is 0 Å². The van der Waals surface area contributed by atoms with Crippen molar-refractivity contribution < 1.29 is 4.79 Å². The number of carbonyl (C=O) groups is 1. The van der Waals surface area contributed by atoms with Crippen molar-refractivity contribution in [2.75, 3.05) is 18.0 Å². The standard InChI is InChI=1S/C11H9Cl2N3OS/c12-7-5-8(13)11(10-9(7)14-18-15-10)16-3-1-6(17)2-4-16/h5H,1-4H2. The first kappa shape index (κ1) is 12.1. The molecule has 4 nitrogen and oxygen atoms in total. The molecule has 0 bridgehead atoms. The minimum Gasteiger partial charge on any atom is -0.368 e. The highest BCUT2D eigenvalue weighted by atomic mass is 35.5. The van der Waals surface area contributed by atoms with Gasteiger partial charge in [0.1, 0.15) is 16.8 Å². The van der Waals surface area contributed by atoms with Gasteiger partial charge in [-0.1, -0.05) is 23.2 Å². The fourth-order valence-electron chi connectivity index (χ4n) is 2.14. The number of fused-ring (bicyclic) bond motifs is 1. The van der Waals surface area contributed by atoms with Gasteiger partial charge in [0.2, 0.25) is 0 Å². The topological polar surface area (TPSA) is 46.1 Å². The number of anilines is 1. The Hall–Kier alpha value is -0.910. The van der Waals surface area contributed by atoms with Gasteiger partial charge in [0.15, 0.2) is 0 Å². The zero-order valence-corrected chi connectivity index (χ0v) is 11.6. The summed E-state index contributed by atoms with van der Waals surface area (Å²) in [6, 6.07) is 1.69. The van der Waals surface area contributed by atoms with E-state index in [1.807, 2.05) is 0 Å². The van der Waals surface area contributed by atoms with Crippen LogP contribution in [0.25, 0.3) is 11.0 Å². The molecule has 1 aliphatic rings. The van der Waals surface area contributed by atoms with Crippen LogP contribution in [0.5, 0.6) is 0 Å². The molecule has 2 aromatic rings. The van der Waals surface area contributed by atoms with Gasteiger partial charge in [-0.05, 0) is 6.07 Å². The average Bonchev–Trinajstić information content (AvgIpc) is 2.81. The van der Waals surface area contributed by atoms with E-state index in [0.717, 1.165) is 22.9 Å². The van der Waals surface area contributed by atoms with Crippen LogP contribution in [0.2, 0.25) is 10.0 Å². The number of carbonyl (C=O) groups excluding carboxylic acids is 1. The molecule has 94 valence electrons. The molecule has 1 aromatic carbocycles. The zero-order valence-electron chi connectivity index (χ0n) is 9.32. The number of hydrogen-bond donors (Lipinski definition) is 0. The van der Waals surface area contributed by atoms with Crippen LogP contribution in [0.15, 0.2) is 6.07 Å². The van der Waals surface area contributed by atoms with Crippen molar-refractivity contribution in [1.29, 1.82) is 0 Å². The van der Waals surface area contributed by atoms with E-state index in [2.05, 4.69) is 13.6 Å². The van der Waals surface area contributed by atoms with Crippen LogP contribution in [0, 0.1) is 0 Å². The van der Waals surface area contributed by atoms with Crippen LogP contribution in [0.3, 0.4) is 0 Å². The molecular weight excluding hydrogens is 293 g/mol. The molecule has 3 rings (SSSR count). The molecule has 0 spiro atoms. The van der Waals surface area contributed by atoms with Gasteiger partial charge in [-0.3, -0.25) is 4.79 Å². The van der Waals surface area contributed by atoms with Gasteiger partial charge in [-0.2, -0.15) is 8.75 Å². The van der Waals surface area contributed by atoms with Crippen molar-refractivity contribution in [1.82, 2.24) is 8.75 Å². The third-order valence-corrected chi connectivity index (χ3v) is 4.16. The van der Waals surface area contributed by atoms with E-state index in [0.29, 0.717) is 47.3 Å². The van der Waals surface area contributed by atoms with Crippen LogP contribution in [-0.2, 0) is 4.79 Å². The molecule has 0 atom stereocenters. The lowest BCUT2D eigenvalue weighted by Crippen LogP contribution is -2.34. The van der Waals surface area contributed by atoms with Crippen molar-refractivity contribution in [3.63, 3.8) is 0 Å². The first-order chi connectivity index (χ1) is 8.66. The first-order valence-corrected chi connectivity index (χ1v) is 7.02. The van der Waals surface area contributed by atoms with Crippen LogP contribution in [0.1, 0.15) is 12.8 Å². The number of nitrogens with zero attached hydrogens (tertiary/aromatic N) is 3. The fraction of sp³-hybridized carbons (Fsp3) is 0.364. The molecule has 0 aliphatic carbocycles. The molecule has 1 fully saturated rings. The predicted octanol–water partition coefficient (Wildman–Crippen LogP) is 3.17. The zero-order chi connectivity index (χ0) is 12.7. The summed E-state index contributed by atoms with van der Waals surface area (Å²) in [6.07, 6.45) is 1.11. The highest BCUT2D eigenvalue weighted by Gasteiger charge is 2.23. The van der Waals surface area contributed by atoms with Crippen molar-refractivity contribution in [3.8, 4) is 0 Å². The number of benzene rings is 1. The molecule has 0 amide bonds. The molecule has 1 saturated heterocycles. The van der Waals surface area contributed by atoms with Crippen molar-refractivity contribution in [2.45, 2.75) is 12.8 Å². The van der Waals surface area contributed by atoms with E-state index in [9.17, 15) is 4.79 Å². The second-order valence-corrected chi connectivity index (χ2v) is 5.52. The van der Waals surface area contributed by atoms with Gasteiger partial charge < -0.3 is 4.90 Å². The van der Waals surface area contributed by atoms with Crippen molar-refractivity contribution in [2.24, 2.45) is 0 Å². The second-order valence-electron chi connectivity index (χ2n) is 4.18. The summed E-state index contributed by atoms with van der Waals surface area (Å²) < 4.78 is 8.45. The maximum absolute atomic E-state index is 11.3. The minimum atomic E-state index is 0.295. The lowest BCUT2D eigenvalue weighted by atomic mass is 10.1. The number of piperidine rings is 1. The molecule has 0 saturated carbocycles. The highest BCUT2D eigenvalue weighted by Crippen LogP contribution is 2.38. The molecule has 0 radical (unpaired) electrons. The van der Waals surface area contributed by atoms with E-state index in [1.54, 1.807) is 6.07 Å². The van der Waals surface area contributed by atoms with Gasteiger partial charge in [0, 0.05) is 25.9 Å². The summed E-state index contributed by atoms with van der Waals surface area (Å²) >= 11 is 13.5. The maximum Gasteiger partial charge on any atom is 0.136 e. The maximum atomic E-state index is 11.3. The number of halogens is 2. The van der Waals surface area contributed by atoms with Gasteiger partial charge in [-0.15, -0.1) is 0 Å². The largest absolute Gasteiger partial charge is 0.368 e. The van der Waals surface area contributed by atoms with Crippen molar-refractivity contribution in [3.05, 3.63) is 16.1 Å². The van der Waals surface area contributed by atoms with Crippen LogP contribution >= 0.6 is 34.9 Å². The van der Waals surface area contributed by atoms with Gasteiger partial charge in [0.25, 0.3) is 0 Å². The molecule has 2 heterocycles. The summed E-state index contributed by atoms with van der Waals surface area (Å²) in [4.78, 5) is 13.4. The Morgan fingerprint density at radius 3 is 2.50 bits per heavy atom. The molecule has 0 N–H and O–H groups in total. The molecule has 18 heavy (non-hydrogen) atoms. The van der Waals surface area contributed by atoms with Gasteiger partial charge in [0.05, 0.1) is 27.5 Å². The normalized spacial score (nSPS) is 16.6. The Balaban J connectivity index is 2.10. The highest BCUT2D eigenvalue weighted by molar-refractivity contribution is 7.00. The average molecular weight is 302 g/mol. The summed E-state index contributed by atoms with van der Waals surface area (Å²) in [7, 11) is 0. The predicted molar refractivity (Wildman–Crippen MR) is 73.9 cm³/mol. The molecule has 1 aliphatic heterocycles. The molecule has 0 unspecified atom stereocenters. The summed E-state index contributed by atoms with van der Waals surface area (Å²) in [5, 5.41) is 1.08. The summed E-state index contributed by atoms with van der Waals surface area (Å²) in [5.41, 5.74) is 2.25. The summed E-state index contributed by atoms with van der Waals surface area (Å²) in [5.74, 6) is 0.295. The van der Waals surface area contributed by atoms with Gasteiger partial charge >= 0.3 is 0 Å². The van der Waals surface area contributed by atoms with E-state index in [4.69, 9.17) is 23.2 Å². The fourth-order valence-corrected chi connectivity index (χ4v) is 3.37. The number of rotatable bonds is 1. The minimum absolute atomic E-state index is 0.295. The summed E-state index contributed by atoms with van der Waals surface area (Å²) in [6.45, 7) is 1.35. The Morgan fingerprint density at radius 1 is 1.11 bits per heavy atom. The third-order valence-electron chi connectivity index (χ3n) is 3.06. The van der Waals surface area contributed by atoms with Crippen LogP contribution in [0.4, 0.5) is 5.69 Å². The Morgan fingerprint density at radius 2 is 1.78 bits per heavy atom. The lowest BCUT2D eigenvalue weighted by Gasteiger charge is -2.29. The van der Waals surface area contributed by atoms with E-state index in [-0.39, 0.29) is 0 Å². The number of aromatic nitrogens is 2. The molecule has 1 aromatic heterocycles. The second kappa shape index (κ2) is 4.64. The first-order valence-electron chi connectivity index (χ1n) is 5.53. The number of hydrogen-bond acceptors (Lipinski definition) is 5.